The summed E-state index contributed by atoms with van der Waals surface area (Å²) in [6.07, 6.45) is 10.6. The van der Waals surface area contributed by atoms with Crippen molar-refractivity contribution in [2.75, 3.05) is 0 Å². The predicted molar refractivity (Wildman–Crippen MR) is 267 cm³/mol. The second-order valence-electron chi connectivity index (χ2n) is 19.7. The average Bonchev–Trinajstić information content (AvgIpc) is 4.05. The average molecular weight is 953 g/mol. The Labute approximate surface area is 397 Å². The van der Waals surface area contributed by atoms with Gasteiger partial charge in [0.05, 0.1) is 55.7 Å². The summed E-state index contributed by atoms with van der Waals surface area (Å²) in [5, 5.41) is 26.1. The number of rotatable bonds is 8. The van der Waals surface area contributed by atoms with Crippen molar-refractivity contribution in [3.8, 4) is 11.4 Å². The Balaban J connectivity index is 0.000000168. The molecule has 0 atom stereocenters. The predicted octanol–water partition coefficient (Wildman–Crippen LogP) is 8.11. The highest BCUT2D eigenvalue weighted by Gasteiger charge is 2.63. The zero-order valence-corrected chi connectivity index (χ0v) is 42.8. The Morgan fingerprint density at radius 3 is 1.14 bits per heavy atom. The number of halogens is 1. The first-order valence-electron chi connectivity index (χ1n) is 22.7. The summed E-state index contributed by atoms with van der Waals surface area (Å²) < 4.78 is 40.7. The molecule has 3 fully saturated rings. The van der Waals surface area contributed by atoms with Crippen LogP contribution in [0.25, 0.3) is 11.4 Å². The van der Waals surface area contributed by atoms with Crippen LogP contribution in [0.4, 0.5) is 0 Å². The highest BCUT2D eigenvalue weighted by atomic mass is 79.9. The third kappa shape index (κ3) is 12.7. The van der Waals surface area contributed by atoms with Crippen LogP contribution < -0.4 is 10.9 Å². The van der Waals surface area contributed by atoms with Gasteiger partial charge in [0.25, 0.3) is 0 Å². The molecule has 8 rings (SSSR count). The molecule has 3 aliphatic rings. The fourth-order valence-corrected chi connectivity index (χ4v) is 7.00. The topological polar surface area (TPSA) is 131 Å². The minimum absolute atomic E-state index is 0.331. The standard InChI is InChI=1S/C17H23BN2O2.C12H24B2O4.C11H11BrN2.C8H11BO2/c1-6-13-7-9-15(10-8-13)20-12-14(11-19-20)18-21-16(2,3)17(4,5)22-18;1-9(2)10(3,4)16-13(15-9)14-17-11(5,6)12(7,8)18-14;1-2-9-3-5-11(6-4-9)14-8-10(12)7-13-14;1-2-7-3-5-8(6-4-7)9(10)11/h7-12H,6H2,1-5H3;1-8H3;3-8H,2H2,1H3;3-6,10-11H,2H2,1H3. The van der Waals surface area contributed by atoms with Crippen LogP contribution in [-0.4, -0.2) is 91.5 Å². The minimum atomic E-state index is -1.35. The highest BCUT2D eigenvalue weighted by Crippen LogP contribution is 2.43. The zero-order chi connectivity index (χ0) is 48.2. The zero-order valence-electron chi connectivity index (χ0n) is 41.2. The van der Waals surface area contributed by atoms with Gasteiger partial charge in [-0.05, 0) is 165 Å². The molecular formula is C48H69B4BrN4O8. The van der Waals surface area contributed by atoms with E-state index in [1.165, 1.54) is 16.7 Å². The van der Waals surface area contributed by atoms with Crippen LogP contribution in [0.2, 0.25) is 0 Å². The van der Waals surface area contributed by atoms with Gasteiger partial charge in [-0.3, -0.25) is 0 Å². The van der Waals surface area contributed by atoms with Crippen LogP contribution in [0.3, 0.4) is 0 Å². The number of benzene rings is 3. The Bertz CT molecular complexity index is 2200. The molecular weight excluding hydrogens is 884 g/mol. The van der Waals surface area contributed by atoms with Crippen molar-refractivity contribution in [3.05, 3.63) is 119 Å². The largest absolute Gasteiger partial charge is 0.498 e. The molecule has 12 nitrogen and oxygen atoms in total. The number of aromatic nitrogens is 4. The molecule has 0 bridgehead atoms. The van der Waals surface area contributed by atoms with Crippen LogP contribution in [0.5, 0.6) is 0 Å². The summed E-state index contributed by atoms with van der Waals surface area (Å²) in [6.45, 7) is 30.8. The van der Waals surface area contributed by atoms with Gasteiger partial charge in [-0.15, -0.1) is 0 Å². The molecule has 0 radical (unpaired) electrons. The molecule has 2 aromatic heterocycles. The Morgan fingerprint density at radius 2 is 0.815 bits per heavy atom. The molecule has 0 aliphatic carbocycles. The van der Waals surface area contributed by atoms with E-state index < -0.39 is 21.1 Å². The van der Waals surface area contributed by atoms with E-state index in [0.717, 1.165) is 40.6 Å². The van der Waals surface area contributed by atoms with E-state index in [0.29, 0.717) is 5.46 Å². The van der Waals surface area contributed by atoms with Crippen molar-refractivity contribution in [2.24, 2.45) is 0 Å². The summed E-state index contributed by atoms with van der Waals surface area (Å²) in [7, 11) is -2.67. The first kappa shape index (κ1) is 52.5. The molecule has 2 N–H and O–H groups in total. The smallest absolute Gasteiger partial charge is 0.423 e. The summed E-state index contributed by atoms with van der Waals surface area (Å²) in [5.41, 5.74) is 5.39. The summed E-state index contributed by atoms with van der Waals surface area (Å²) in [5.74, 6) is 0. The molecule has 3 saturated heterocycles. The number of aryl methyl sites for hydroxylation is 3. The third-order valence-electron chi connectivity index (χ3n) is 13.3. The Morgan fingerprint density at radius 1 is 0.492 bits per heavy atom. The maximum absolute atomic E-state index is 8.74. The SMILES string of the molecule is CC1(C)OB(B2OC(C)(C)C(C)(C)O2)OC1(C)C.CCc1ccc(-n2cc(B3OC(C)(C)C(C)(C)O3)cn2)cc1.CCc1ccc(-n2cc(Br)cn2)cc1.CCc1ccc(B(O)O)cc1. The molecule has 17 heteroatoms. The molecule has 0 saturated carbocycles. The first-order chi connectivity index (χ1) is 30.2. The van der Waals surface area contributed by atoms with Crippen molar-refractivity contribution < 1.29 is 38.0 Å². The van der Waals surface area contributed by atoms with Gasteiger partial charge < -0.3 is 38.0 Å². The van der Waals surface area contributed by atoms with Crippen LogP contribution in [0.15, 0.2) is 102 Å². The molecule has 65 heavy (non-hydrogen) atoms. The van der Waals surface area contributed by atoms with Gasteiger partial charge >= 0.3 is 28.3 Å². The lowest BCUT2D eigenvalue weighted by molar-refractivity contribution is 0.00578. The lowest BCUT2D eigenvalue weighted by atomic mass is 9.49. The van der Waals surface area contributed by atoms with Crippen molar-refractivity contribution in [3.63, 3.8) is 0 Å². The summed E-state index contributed by atoms with van der Waals surface area (Å²) >= 11 is 3.37. The monoisotopic (exact) mass is 952 g/mol. The molecule has 5 aromatic rings. The molecule has 3 aliphatic heterocycles. The lowest BCUT2D eigenvalue weighted by Gasteiger charge is -2.32. The van der Waals surface area contributed by atoms with E-state index in [4.69, 9.17) is 38.0 Å². The van der Waals surface area contributed by atoms with Crippen molar-refractivity contribution in [1.29, 1.82) is 0 Å². The molecule has 0 amide bonds. The van der Waals surface area contributed by atoms with Crippen molar-refractivity contribution >= 4 is 55.1 Å². The van der Waals surface area contributed by atoms with Gasteiger partial charge in [0.15, 0.2) is 0 Å². The van der Waals surface area contributed by atoms with Crippen LogP contribution in [-0.2, 0) is 47.2 Å². The maximum atomic E-state index is 8.74. The highest BCUT2D eigenvalue weighted by molar-refractivity contribution is 9.10. The van der Waals surface area contributed by atoms with E-state index in [1.807, 2.05) is 95.5 Å². The number of hydrogen-bond acceptors (Lipinski definition) is 10. The summed E-state index contributed by atoms with van der Waals surface area (Å²) in [4.78, 5) is 0. The number of nitrogens with zero attached hydrogens (tertiary/aromatic N) is 4. The van der Waals surface area contributed by atoms with E-state index in [9.17, 15) is 0 Å². The minimum Gasteiger partial charge on any atom is -0.423 e. The van der Waals surface area contributed by atoms with Gasteiger partial charge in [-0.1, -0.05) is 69.3 Å². The quantitative estimate of drug-likeness (QED) is 0.147. The van der Waals surface area contributed by atoms with Crippen LogP contribution in [0.1, 0.15) is 121 Å². The van der Waals surface area contributed by atoms with Crippen LogP contribution in [0, 0.1) is 0 Å². The Kier molecular flexibility index (Phi) is 16.8. The molecule has 3 aromatic carbocycles. The Hall–Kier alpha value is -3.50. The second kappa shape index (κ2) is 20.8. The lowest BCUT2D eigenvalue weighted by Crippen LogP contribution is -2.41. The van der Waals surface area contributed by atoms with Gasteiger partial charge in [-0.25, -0.2) is 9.36 Å². The maximum Gasteiger partial charge on any atom is 0.498 e. The number of hydrogen-bond donors (Lipinski definition) is 2. The van der Waals surface area contributed by atoms with Gasteiger partial charge in [-0.2, -0.15) is 10.2 Å². The normalized spacial score (nSPS) is 19.4. The van der Waals surface area contributed by atoms with E-state index in [-0.39, 0.29) is 40.7 Å². The fraction of sp³-hybridized carbons (Fsp3) is 0.500. The van der Waals surface area contributed by atoms with E-state index in [2.05, 4.69) is 123 Å². The van der Waals surface area contributed by atoms with Crippen LogP contribution >= 0.6 is 15.9 Å². The van der Waals surface area contributed by atoms with E-state index >= 15 is 0 Å². The molecule has 348 valence electrons. The van der Waals surface area contributed by atoms with Crippen molar-refractivity contribution in [2.45, 2.75) is 157 Å². The molecule has 0 unspecified atom stereocenters. The molecule has 0 spiro atoms. The van der Waals surface area contributed by atoms with Gasteiger partial charge in [0.1, 0.15) is 0 Å². The fourth-order valence-electron chi connectivity index (χ4n) is 6.71. The first-order valence-corrected chi connectivity index (χ1v) is 23.5. The second-order valence-corrected chi connectivity index (χ2v) is 20.6. The van der Waals surface area contributed by atoms with Gasteiger partial charge in [0, 0.05) is 24.1 Å². The van der Waals surface area contributed by atoms with E-state index in [1.54, 1.807) is 18.3 Å². The summed E-state index contributed by atoms with van der Waals surface area (Å²) in [6, 6.07) is 24.1. The van der Waals surface area contributed by atoms with Crippen molar-refractivity contribution in [1.82, 2.24) is 19.6 Å². The third-order valence-corrected chi connectivity index (χ3v) is 13.8. The van der Waals surface area contributed by atoms with Gasteiger partial charge in [0.2, 0.25) is 0 Å². The molecule has 5 heterocycles.